The minimum absolute atomic E-state index is 0.169. The Morgan fingerprint density at radius 3 is 1.12 bits per heavy atom. The van der Waals surface area contributed by atoms with Crippen molar-refractivity contribution in [1.29, 1.82) is 0 Å². The van der Waals surface area contributed by atoms with Gasteiger partial charge in [-0.05, 0) is 47.9 Å². The molecule has 0 saturated carbocycles. The second kappa shape index (κ2) is 5.84. The largest absolute Gasteiger partial charge is 0.507 e. The van der Waals surface area contributed by atoms with Crippen molar-refractivity contribution in [3.05, 3.63) is 46.5 Å². The van der Waals surface area contributed by atoms with Gasteiger partial charge in [-0.15, -0.1) is 0 Å². The zero-order chi connectivity index (χ0) is 18.4. The second-order valence-electron chi connectivity index (χ2n) is 8.92. The molecule has 0 radical (unpaired) electrons. The van der Waals surface area contributed by atoms with Gasteiger partial charge in [-0.3, -0.25) is 0 Å². The fourth-order valence-corrected chi connectivity index (χ4v) is 3.11. The van der Waals surface area contributed by atoms with Crippen LogP contribution in [0, 0.1) is 13.8 Å². The summed E-state index contributed by atoms with van der Waals surface area (Å²) in [5, 5.41) is 21.8. The van der Waals surface area contributed by atoms with Crippen LogP contribution in [0.3, 0.4) is 0 Å². The molecule has 0 saturated heterocycles. The van der Waals surface area contributed by atoms with E-state index in [0.29, 0.717) is 11.1 Å². The Morgan fingerprint density at radius 2 is 0.875 bits per heavy atom. The van der Waals surface area contributed by atoms with Crippen molar-refractivity contribution >= 4 is 0 Å². The molecule has 2 nitrogen and oxygen atoms in total. The predicted octanol–water partition coefficient (Wildman–Crippen LogP) is 5.98. The first kappa shape index (κ1) is 18.4. The molecular weight excluding hydrogens is 296 g/mol. The van der Waals surface area contributed by atoms with E-state index in [0.717, 1.165) is 22.3 Å². The lowest BCUT2D eigenvalue weighted by Gasteiger charge is -2.25. The quantitative estimate of drug-likeness (QED) is 0.677. The molecule has 0 aliphatic carbocycles. The molecule has 0 aliphatic rings. The third-order valence-corrected chi connectivity index (χ3v) is 4.41. The molecule has 2 aromatic carbocycles. The van der Waals surface area contributed by atoms with Crippen molar-refractivity contribution in [2.75, 3.05) is 0 Å². The first-order chi connectivity index (χ1) is 10.8. The molecule has 130 valence electrons. The van der Waals surface area contributed by atoms with Gasteiger partial charge in [0, 0.05) is 22.3 Å². The van der Waals surface area contributed by atoms with Crippen molar-refractivity contribution in [3.8, 4) is 22.6 Å². The van der Waals surface area contributed by atoms with Crippen LogP contribution in [0.2, 0.25) is 0 Å². The molecule has 0 spiro atoms. The Hall–Kier alpha value is -1.96. The Morgan fingerprint density at radius 1 is 0.583 bits per heavy atom. The molecule has 2 rings (SSSR count). The van der Waals surface area contributed by atoms with E-state index in [2.05, 4.69) is 41.5 Å². The van der Waals surface area contributed by atoms with Crippen molar-refractivity contribution < 1.29 is 10.2 Å². The topological polar surface area (TPSA) is 40.5 Å². The number of rotatable bonds is 1. The Kier molecular flexibility index (Phi) is 4.47. The van der Waals surface area contributed by atoms with Crippen molar-refractivity contribution in [2.24, 2.45) is 0 Å². The van der Waals surface area contributed by atoms with Crippen LogP contribution in [0.5, 0.6) is 11.5 Å². The van der Waals surface area contributed by atoms with Crippen LogP contribution in [-0.4, -0.2) is 10.2 Å². The van der Waals surface area contributed by atoms with Crippen molar-refractivity contribution in [1.82, 2.24) is 0 Å². The Labute approximate surface area is 146 Å². The maximum absolute atomic E-state index is 10.9. The average Bonchev–Trinajstić information content (AvgIpc) is 2.41. The van der Waals surface area contributed by atoms with E-state index < -0.39 is 0 Å². The first-order valence-electron chi connectivity index (χ1n) is 8.51. The number of hydrogen-bond acceptors (Lipinski definition) is 2. The highest BCUT2D eigenvalue weighted by Crippen LogP contribution is 2.45. The molecule has 0 atom stereocenters. The average molecular weight is 326 g/mol. The molecule has 2 aromatic rings. The molecule has 0 fully saturated rings. The molecule has 0 bridgehead atoms. The Balaban J connectivity index is 2.83. The van der Waals surface area contributed by atoms with Gasteiger partial charge < -0.3 is 10.2 Å². The van der Waals surface area contributed by atoms with Gasteiger partial charge in [0.2, 0.25) is 0 Å². The zero-order valence-electron chi connectivity index (χ0n) is 16.2. The SMILES string of the molecule is Cc1cc(-c2cc(C)cc(C(C)(C)C)c2O)c(O)c(C(C)(C)C)c1. The number of hydrogen-bond donors (Lipinski definition) is 2. The first-order valence-corrected chi connectivity index (χ1v) is 8.51. The van der Waals surface area contributed by atoms with E-state index in [-0.39, 0.29) is 22.3 Å². The Bertz CT molecular complexity index is 705. The minimum Gasteiger partial charge on any atom is -0.507 e. The summed E-state index contributed by atoms with van der Waals surface area (Å²) in [6.45, 7) is 16.6. The number of phenolic OH excluding ortho intramolecular Hbond substituents is 2. The lowest BCUT2D eigenvalue weighted by molar-refractivity contribution is 0.440. The lowest BCUT2D eigenvalue weighted by Crippen LogP contribution is -2.13. The van der Waals surface area contributed by atoms with Gasteiger partial charge in [0.25, 0.3) is 0 Å². The fourth-order valence-electron chi connectivity index (χ4n) is 3.11. The fraction of sp³-hybridized carbons (Fsp3) is 0.455. The van der Waals surface area contributed by atoms with Crippen LogP contribution in [0.1, 0.15) is 63.8 Å². The summed E-state index contributed by atoms with van der Waals surface area (Å²) in [7, 11) is 0. The zero-order valence-corrected chi connectivity index (χ0v) is 16.2. The molecule has 0 aliphatic heterocycles. The number of benzene rings is 2. The normalized spacial score (nSPS) is 12.5. The minimum atomic E-state index is -0.169. The maximum atomic E-state index is 10.9. The summed E-state index contributed by atoms with van der Waals surface area (Å²) < 4.78 is 0. The second-order valence-corrected chi connectivity index (χ2v) is 8.92. The van der Waals surface area contributed by atoms with E-state index in [9.17, 15) is 10.2 Å². The molecule has 0 aromatic heterocycles. The van der Waals surface area contributed by atoms with E-state index >= 15 is 0 Å². The predicted molar refractivity (Wildman–Crippen MR) is 102 cm³/mol. The van der Waals surface area contributed by atoms with Crippen LogP contribution in [-0.2, 0) is 10.8 Å². The van der Waals surface area contributed by atoms with E-state index in [4.69, 9.17) is 0 Å². The lowest BCUT2D eigenvalue weighted by atomic mass is 9.80. The molecular formula is C22H30O2. The number of aromatic hydroxyl groups is 2. The number of aryl methyl sites for hydroxylation is 2. The van der Waals surface area contributed by atoms with Gasteiger partial charge in [-0.1, -0.05) is 53.7 Å². The van der Waals surface area contributed by atoms with Gasteiger partial charge in [0.15, 0.2) is 0 Å². The van der Waals surface area contributed by atoms with Crippen LogP contribution < -0.4 is 0 Å². The van der Waals surface area contributed by atoms with Crippen molar-refractivity contribution in [2.45, 2.75) is 66.2 Å². The smallest absolute Gasteiger partial charge is 0.127 e. The third kappa shape index (κ3) is 3.43. The van der Waals surface area contributed by atoms with Crippen LogP contribution in [0.15, 0.2) is 24.3 Å². The van der Waals surface area contributed by atoms with E-state index in [1.54, 1.807) is 0 Å². The summed E-state index contributed by atoms with van der Waals surface area (Å²) >= 11 is 0. The summed E-state index contributed by atoms with van der Waals surface area (Å²) in [6, 6.07) is 7.95. The number of phenols is 2. The molecule has 0 unspecified atom stereocenters. The highest BCUT2D eigenvalue weighted by Gasteiger charge is 2.25. The van der Waals surface area contributed by atoms with E-state index in [1.807, 2.05) is 38.1 Å². The summed E-state index contributed by atoms with van der Waals surface area (Å²) in [6.07, 6.45) is 0. The van der Waals surface area contributed by atoms with Gasteiger partial charge in [-0.25, -0.2) is 0 Å². The van der Waals surface area contributed by atoms with Crippen LogP contribution >= 0.6 is 0 Å². The van der Waals surface area contributed by atoms with E-state index in [1.165, 1.54) is 0 Å². The van der Waals surface area contributed by atoms with Crippen LogP contribution in [0.25, 0.3) is 11.1 Å². The molecule has 24 heavy (non-hydrogen) atoms. The van der Waals surface area contributed by atoms with Crippen LogP contribution in [0.4, 0.5) is 0 Å². The summed E-state index contributed by atoms with van der Waals surface area (Å²) in [5.41, 5.74) is 5.01. The maximum Gasteiger partial charge on any atom is 0.127 e. The summed E-state index contributed by atoms with van der Waals surface area (Å²) in [4.78, 5) is 0. The highest BCUT2D eigenvalue weighted by molar-refractivity contribution is 5.79. The standard InChI is InChI=1S/C22H30O2/c1-13-9-15(19(23)17(11-13)21(3,4)5)16-10-14(2)12-18(20(16)24)22(6,7)8/h9-12,23-24H,1-8H3. The molecule has 0 amide bonds. The summed E-state index contributed by atoms with van der Waals surface area (Å²) in [5.74, 6) is 0.516. The molecule has 0 heterocycles. The van der Waals surface area contributed by atoms with Gasteiger partial charge >= 0.3 is 0 Å². The van der Waals surface area contributed by atoms with Crippen molar-refractivity contribution in [3.63, 3.8) is 0 Å². The molecule has 2 heteroatoms. The monoisotopic (exact) mass is 326 g/mol. The molecule has 2 N–H and O–H groups in total. The van der Waals surface area contributed by atoms with Gasteiger partial charge in [-0.2, -0.15) is 0 Å². The third-order valence-electron chi connectivity index (χ3n) is 4.41. The van der Waals surface area contributed by atoms with Gasteiger partial charge in [0.1, 0.15) is 11.5 Å². The van der Waals surface area contributed by atoms with Gasteiger partial charge in [0.05, 0.1) is 0 Å². The highest BCUT2D eigenvalue weighted by atomic mass is 16.3.